The summed E-state index contributed by atoms with van der Waals surface area (Å²) in [5, 5.41) is 3.83. The first-order valence-corrected chi connectivity index (χ1v) is 9.38. The normalized spacial score (nSPS) is 18.4. The van der Waals surface area contributed by atoms with Gasteiger partial charge in [0.05, 0.1) is 35.8 Å². The average molecular weight is 389 g/mol. The van der Waals surface area contributed by atoms with Crippen LogP contribution in [0.3, 0.4) is 0 Å². The molecule has 2 rings (SSSR count). The standard InChI is InChI=1S/C18H26Cl2N2O3/c1-13(2)11-22-6-8-25-15(12-22)10-21-18(23)5-7-24-14-3-4-16(19)17(20)9-14/h3-4,9,13,15H,5-8,10-12H2,1-2H3,(H,21,23). The molecule has 0 bridgehead atoms. The third kappa shape index (κ3) is 7.40. The van der Waals surface area contributed by atoms with Crippen LogP contribution in [0.2, 0.25) is 10.0 Å². The van der Waals surface area contributed by atoms with Crippen LogP contribution >= 0.6 is 23.2 Å². The summed E-state index contributed by atoms with van der Waals surface area (Å²) in [5.74, 6) is 1.18. The zero-order valence-corrected chi connectivity index (χ0v) is 16.3. The topological polar surface area (TPSA) is 50.8 Å². The summed E-state index contributed by atoms with van der Waals surface area (Å²) >= 11 is 11.8. The van der Waals surface area contributed by atoms with Crippen LogP contribution in [0, 0.1) is 5.92 Å². The molecule has 1 aliphatic heterocycles. The van der Waals surface area contributed by atoms with Gasteiger partial charge in [-0.3, -0.25) is 9.69 Å². The minimum Gasteiger partial charge on any atom is -0.493 e. The molecule has 1 N–H and O–H groups in total. The van der Waals surface area contributed by atoms with Crippen molar-refractivity contribution in [3.05, 3.63) is 28.2 Å². The first-order chi connectivity index (χ1) is 11.9. The maximum absolute atomic E-state index is 11.9. The highest BCUT2D eigenvalue weighted by Gasteiger charge is 2.21. The molecule has 1 fully saturated rings. The Hall–Kier alpha value is -1.01. The number of rotatable bonds is 8. The lowest BCUT2D eigenvalue weighted by Gasteiger charge is -2.33. The molecular formula is C18H26Cl2N2O3. The van der Waals surface area contributed by atoms with Crippen molar-refractivity contribution in [2.75, 3.05) is 39.4 Å². The van der Waals surface area contributed by atoms with Crippen LogP contribution in [-0.2, 0) is 9.53 Å². The van der Waals surface area contributed by atoms with Gasteiger partial charge in [-0.2, -0.15) is 0 Å². The van der Waals surface area contributed by atoms with Crippen LogP contribution in [0.5, 0.6) is 5.75 Å². The van der Waals surface area contributed by atoms with E-state index in [1.807, 2.05) is 0 Å². The minimum atomic E-state index is -0.0513. The van der Waals surface area contributed by atoms with Crippen LogP contribution in [0.1, 0.15) is 20.3 Å². The average Bonchev–Trinajstić information content (AvgIpc) is 2.56. The van der Waals surface area contributed by atoms with Crippen LogP contribution in [0.4, 0.5) is 0 Å². The molecule has 1 aromatic rings. The van der Waals surface area contributed by atoms with E-state index >= 15 is 0 Å². The number of halogens is 2. The fraction of sp³-hybridized carbons (Fsp3) is 0.611. The summed E-state index contributed by atoms with van der Waals surface area (Å²) in [6.45, 7) is 8.83. The molecule has 0 spiro atoms. The number of nitrogens with one attached hydrogen (secondary N) is 1. The van der Waals surface area contributed by atoms with Crippen molar-refractivity contribution in [1.29, 1.82) is 0 Å². The number of hydrogen-bond acceptors (Lipinski definition) is 4. The van der Waals surface area contributed by atoms with Crippen LogP contribution in [-0.4, -0.2) is 56.3 Å². The monoisotopic (exact) mass is 388 g/mol. The van der Waals surface area contributed by atoms with E-state index in [9.17, 15) is 4.79 Å². The second kappa shape index (κ2) is 10.2. The molecule has 1 unspecified atom stereocenters. The molecule has 1 atom stereocenters. The molecule has 140 valence electrons. The van der Waals surface area contributed by atoms with Gasteiger partial charge in [0.1, 0.15) is 5.75 Å². The zero-order valence-electron chi connectivity index (χ0n) is 14.8. The maximum atomic E-state index is 11.9. The molecule has 25 heavy (non-hydrogen) atoms. The number of nitrogens with zero attached hydrogens (tertiary/aromatic N) is 1. The SMILES string of the molecule is CC(C)CN1CCOC(CNC(=O)CCOc2ccc(Cl)c(Cl)c2)C1. The number of ether oxygens (including phenoxy) is 2. The van der Waals surface area contributed by atoms with Gasteiger partial charge in [0.25, 0.3) is 0 Å². The Bertz CT molecular complexity index is 569. The predicted octanol–water partition coefficient (Wildman–Crippen LogP) is 3.24. The number of benzene rings is 1. The van der Waals surface area contributed by atoms with Crippen molar-refractivity contribution in [2.45, 2.75) is 26.4 Å². The van der Waals surface area contributed by atoms with E-state index < -0.39 is 0 Å². The fourth-order valence-corrected chi connectivity index (χ4v) is 3.02. The van der Waals surface area contributed by atoms with Crippen molar-refractivity contribution in [2.24, 2.45) is 5.92 Å². The van der Waals surface area contributed by atoms with E-state index in [1.54, 1.807) is 18.2 Å². The van der Waals surface area contributed by atoms with E-state index in [0.717, 1.165) is 19.6 Å². The van der Waals surface area contributed by atoms with Crippen molar-refractivity contribution in [3.63, 3.8) is 0 Å². The highest BCUT2D eigenvalue weighted by molar-refractivity contribution is 6.42. The summed E-state index contributed by atoms with van der Waals surface area (Å²) in [6.07, 6.45) is 0.329. The van der Waals surface area contributed by atoms with Gasteiger partial charge >= 0.3 is 0 Å². The maximum Gasteiger partial charge on any atom is 0.223 e. The molecule has 1 aliphatic rings. The van der Waals surface area contributed by atoms with E-state index in [-0.39, 0.29) is 25.0 Å². The van der Waals surface area contributed by atoms with Crippen LogP contribution in [0.25, 0.3) is 0 Å². The summed E-state index contributed by atoms with van der Waals surface area (Å²) in [7, 11) is 0. The Morgan fingerprint density at radius 3 is 2.92 bits per heavy atom. The Morgan fingerprint density at radius 2 is 2.20 bits per heavy atom. The van der Waals surface area contributed by atoms with Crippen LogP contribution in [0.15, 0.2) is 18.2 Å². The number of hydrogen-bond donors (Lipinski definition) is 1. The number of carbonyl (C=O) groups is 1. The molecule has 0 aromatic heterocycles. The molecule has 1 heterocycles. The molecule has 0 radical (unpaired) electrons. The van der Waals surface area contributed by atoms with Crippen LogP contribution < -0.4 is 10.1 Å². The number of carbonyl (C=O) groups excluding carboxylic acids is 1. The van der Waals surface area contributed by atoms with Crippen molar-refractivity contribution in [1.82, 2.24) is 10.2 Å². The highest BCUT2D eigenvalue weighted by atomic mass is 35.5. The second-order valence-corrected chi connectivity index (χ2v) is 7.44. The van der Waals surface area contributed by atoms with Gasteiger partial charge < -0.3 is 14.8 Å². The largest absolute Gasteiger partial charge is 0.493 e. The minimum absolute atomic E-state index is 0.0486. The van der Waals surface area contributed by atoms with Crippen molar-refractivity contribution >= 4 is 29.1 Å². The third-order valence-electron chi connectivity index (χ3n) is 3.86. The lowest BCUT2D eigenvalue weighted by molar-refractivity contribution is -0.122. The van der Waals surface area contributed by atoms with Gasteiger partial charge in [0.15, 0.2) is 0 Å². The summed E-state index contributed by atoms with van der Waals surface area (Å²) < 4.78 is 11.2. The first-order valence-electron chi connectivity index (χ1n) is 8.62. The van der Waals surface area contributed by atoms with Gasteiger partial charge in [0.2, 0.25) is 5.91 Å². The van der Waals surface area contributed by atoms with Gasteiger partial charge in [-0.15, -0.1) is 0 Å². The Morgan fingerprint density at radius 1 is 1.40 bits per heavy atom. The summed E-state index contributed by atoms with van der Waals surface area (Å²) in [5.41, 5.74) is 0. The zero-order chi connectivity index (χ0) is 18.2. The molecule has 1 saturated heterocycles. The lowest BCUT2D eigenvalue weighted by atomic mass is 10.2. The Kier molecular flexibility index (Phi) is 8.30. The lowest BCUT2D eigenvalue weighted by Crippen LogP contribution is -2.48. The van der Waals surface area contributed by atoms with E-state index in [4.69, 9.17) is 32.7 Å². The molecular weight excluding hydrogens is 363 g/mol. The first kappa shape index (κ1) is 20.3. The van der Waals surface area contributed by atoms with Gasteiger partial charge in [-0.05, 0) is 18.1 Å². The Balaban J connectivity index is 1.64. The predicted molar refractivity (Wildman–Crippen MR) is 101 cm³/mol. The van der Waals surface area contributed by atoms with Crippen molar-refractivity contribution < 1.29 is 14.3 Å². The Labute approximate surface area is 159 Å². The van der Waals surface area contributed by atoms with Crippen molar-refractivity contribution in [3.8, 4) is 5.75 Å². The molecule has 0 saturated carbocycles. The van der Waals surface area contributed by atoms with Gasteiger partial charge in [-0.25, -0.2) is 0 Å². The number of morpholine rings is 1. The summed E-state index contributed by atoms with van der Waals surface area (Å²) in [6, 6.07) is 5.04. The molecule has 7 heteroatoms. The number of amides is 1. The van der Waals surface area contributed by atoms with E-state index in [2.05, 4.69) is 24.1 Å². The molecule has 0 aliphatic carbocycles. The second-order valence-electron chi connectivity index (χ2n) is 6.62. The van der Waals surface area contributed by atoms with Gasteiger partial charge in [0, 0.05) is 32.2 Å². The smallest absolute Gasteiger partial charge is 0.223 e. The quantitative estimate of drug-likeness (QED) is 0.742. The molecule has 1 aromatic carbocycles. The van der Waals surface area contributed by atoms with E-state index in [1.165, 1.54) is 0 Å². The van der Waals surface area contributed by atoms with E-state index in [0.29, 0.717) is 34.9 Å². The highest BCUT2D eigenvalue weighted by Crippen LogP contribution is 2.26. The summed E-state index contributed by atoms with van der Waals surface area (Å²) in [4.78, 5) is 14.3. The third-order valence-corrected chi connectivity index (χ3v) is 4.60. The fourth-order valence-electron chi connectivity index (χ4n) is 2.73. The molecule has 1 amide bonds. The van der Waals surface area contributed by atoms with Gasteiger partial charge in [-0.1, -0.05) is 37.0 Å². The molecule has 5 nitrogen and oxygen atoms in total.